The SMILES string of the molecule is O=C(NCC(F)(F)F)C1CCN(CC2CN(C3CCCCC3)C(=O)O2)C1. The van der Waals surface area contributed by atoms with E-state index in [0.717, 1.165) is 25.7 Å². The molecule has 2 atom stereocenters. The summed E-state index contributed by atoms with van der Waals surface area (Å²) >= 11 is 0. The summed E-state index contributed by atoms with van der Waals surface area (Å²) in [6.07, 6.45) is 1.17. The number of hydrogen-bond acceptors (Lipinski definition) is 4. The van der Waals surface area contributed by atoms with E-state index in [0.29, 0.717) is 32.6 Å². The summed E-state index contributed by atoms with van der Waals surface area (Å²) in [6, 6.07) is 0.265. The zero-order valence-corrected chi connectivity index (χ0v) is 14.8. The monoisotopic (exact) mass is 377 g/mol. The highest BCUT2D eigenvalue weighted by molar-refractivity contribution is 5.79. The minimum atomic E-state index is -4.39. The normalized spacial score (nSPS) is 28.4. The first kappa shape index (κ1) is 19.3. The van der Waals surface area contributed by atoms with E-state index in [1.165, 1.54) is 6.42 Å². The lowest BCUT2D eigenvalue weighted by Crippen LogP contribution is -2.40. The highest BCUT2D eigenvalue weighted by Gasteiger charge is 2.39. The van der Waals surface area contributed by atoms with Crippen molar-refractivity contribution in [3.05, 3.63) is 0 Å². The molecule has 3 fully saturated rings. The fourth-order valence-electron chi connectivity index (χ4n) is 4.16. The van der Waals surface area contributed by atoms with Gasteiger partial charge in [-0.3, -0.25) is 9.69 Å². The van der Waals surface area contributed by atoms with Crippen LogP contribution in [0.2, 0.25) is 0 Å². The average molecular weight is 377 g/mol. The Hall–Kier alpha value is -1.51. The standard InChI is InChI=1S/C17H26F3N3O3/c18-17(19,20)11-21-15(24)12-6-7-22(8-12)9-14-10-23(16(25)26-14)13-4-2-1-3-5-13/h12-14H,1-11H2,(H,21,24). The van der Waals surface area contributed by atoms with Crippen LogP contribution >= 0.6 is 0 Å². The van der Waals surface area contributed by atoms with E-state index in [1.54, 1.807) is 0 Å². The van der Waals surface area contributed by atoms with Crippen molar-refractivity contribution >= 4 is 12.0 Å². The Labute approximate surface area is 151 Å². The van der Waals surface area contributed by atoms with Crippen LogP contribution in [0.15, 0.2) is 0 Å². The number of halogens is 3. The van der Waals surface area contributed by atoms with Crippen molar-refractivity contribution in [1.82, 2.24) is 15.1 Å². The predicted molar refractivity (Wildman–Crippen MR) is 87.5 cm³/mol. The summed E-state index contributed by atoms with van der Waals surface area (Å²) < 4.78 is 42.1. The fraction of sp³-hybridized carbons (Fsp3) is 0.882. The van der Waals surface area contributed by atoms with Crippen LogP contribution in [0.4, 0.5) is 18.0 Å². The van der Waals surface area contributed by atoms with Gasteiger partial charge < -0.3 is 15.0 Å². The zero-order valence-electron chi connectivity index (χ0n) is 14.8. The van der Waals surface area contributed by atoms with Gasteiger partial charge in [0.25, 0.3) is 0 Å². The first-order chi connectivity index (χ1) is 12.3. The van der Waals surface area contributed by atoms with Gasteiger partial charge in [-0.15, -0.1) is 0 Å². The Balaban J connectivity index is 1.42. The molecule has 0 aromatic carbocycles. The quantitative estimate of drug-likeness (QED) is 0.798. The molecule has 2 aliphatic heterocycles. The second-order valence-corrected chi connectivity index (χ2v) is 7.53. The zero-order chi connectivity index (χ0) is 18.7. The molecular formula is C17H26F3N3O3. The van der Waals surface area contributed by atoms with Crippen molar-refractivity contribution in [3.8, 4) is 0 Å². The summed E-state index contributed by atoms with van der Waals surface area (Å²) in [4.78, 5) is 27.8. The number of nitrogens with one attached hydrogen (secondary N) is 1. The van der Waals surface area contributed by atoms with Gasteiger partial charge in [0.15, 0.2) is 0 Å². The predicted octanol–water partition coefficient (Wildman–Crippen LogP) is 2.14. The average Bonchev–Trinajstić information content (AvgIpc) is 3.20. The molecule has 0 aromatic rings. The molecule has 2 saturated heterocycles. The summed E-state index contributed by atoms with van der Waals surface area (Å²) in [7, 11) is 0. The van der Waals surface area contributed by atoms with Gasteiger partial charge in [-0.1, -0.05) is 19.3 Å². The van der Waals surface area contributed by atoms with Crippen LogP contribution in [0.1, 0.15) is 38.5 Å². The summed E-state index contributed by atoms with van der Waals surface area (Å²) in [5, 5.41) is 1.95. The van der Waals surface area contributed by atoms with Crippen molar-refractivity contribution in [2.24, 2.45) is 5.92 Å². The van der Waals surface area contributed by atoms with Gasteiger partial charge in [-0.2, -0.15) is 13.2 Å². The number of cyclic esters (lactones) is 1. The molecule has 2 heterocycles. The molecule has 0 aromatic heterocycles. The molecule has 0 bridgehead atoms. The van der Waals surface area contributed by atoms with Gasteiger partial charge in [0.1, 0.15) is 12.6 Å². The number of likely N-dealkylation sites (tertiary alicyclic amines) is 1. The van der Waals surface area contributed by atoms with E-state index in [-0.39, 0.29) is 18.2 Å². The Kier molecular flexibility index (Phi) is 5.94. The Morgan fingerprint density at radius 1 is 1.15 bits per heavy atom. The molecule has 148 valence electrons. The number of carbonyl (C=O) groups excluding carboxylic acids is 2. The molecule has 9 heteroatoms. The minimum absolute atomic E-state index is 0.235. The van der Waals surface area contributed by atoms with E-state index >= 15 is 0 Å². The third-order valence-electron chi connectivity index (χ3n) is 5.49. The largest absolute Gasteiger partial charge is 0.443 e. The smallest absolute Gasteiger partial charge is 0.410 e. The summed E-state index contributed by atoms with van der Waals surface area (Å²) in [5.74, 6) is -0.999. The van der Waals surface area contributed by atoms with Gasteiger partial charge in [-0.25, -0.2) is 4.79 Å². The van der Waals surface area contributed by atoms with E-state index in [9.17, 15) is 22.8 Å². The summed E-state index contributed by atoms with van der Waals surface area (Å²) in [6.45, 7) is 0.824. The van der Waals surface area contributed by atoms with E-state index in [1.807, 2.05) is 15.1 Å². The lowest BCUT2D eigenvalue weighted by atomic mass is 9.94. The molecular weight excluding hydrogens is 351 g/mol. The van der Waals surface area contributed by atoms with Crippen LogP contribution in [0.5, 0.6) is 0 Å². The van der Waals surface area contributed by atoms with E-state index in [2.05, 4.69) is 0 Å². The van der Waals surface area contributed by atoms with Crippen LogP contribution < -0.4 is 5.32 Å². The second-order valence-electron chi connectivity index (χ2n) is 7.53. The molecule has 1 aliphatic carbocycles. The third kappa shape index (κ3) is 5.02. The number of rotatable bonds is 5. The van der Waals surface area contributed by atoms with Crippen molar-refractivity contribution in [2.75, 3.05) is 32.7 Å². The number of alkyl halides is 3. The Morgan fingerprint density at radius 2 is 1.88 bits per heavy atom. The highest BCUT2D eigenvalue weighted by Crippen LogP contribution is 2.27. The van der Waals surface area contributed by atoms with Gasteiger partial charge in [-0.05, 0) is 25.8 Å². The second kappa shape index (κ2) is 8.02. The number of carbonyl (C=O) groups is 2. The van der Waals surface area contributed by atoms with Crippen LogP contribution in [0.3, 0.4) is 0 Å². The van der Waals surface area contributed by atoms with Crippen LogP contribution in [-0.2, 0) is 9.53 Å². The molecule has 6 nitrogen and oxygen atoms in total. The fourth-order valence-corrected chi connectivity index (χ4v) is 4.16. The van der Waals surface area contributed by atoms with Crippen molar-refractivity contribution in [2.45, 2.75) is 56.8 Å². The highest BCUT2D eigenvalue weighted by atomic mass is 19.4. The summed E-state index contributed by atoms with van der Waals surface area (Å²) in [5.41, 5.74) is 0. The van der Waals surface area contributed by atoms with Crippen molar-refractivity contribution in [3.63, 3.8) is 0 Å². The number of nitrogens with zero attached hydrogens (tertiary/aromatic N) is 2. The Morgan fingerprint density at radius 3 is 2.58 bits per heavy atom. The molecule has 0 radical (unpaired) electrons. The van der Waals surface area contributed by atoms with E-state index < -0.39 is 24.5 Å². The minimum Gasteiger partial charge on any atom is -0.443 e. The van der Waals surface area contributed by atoms with Crippen LogP contribution in [0.25, 0.3) is 0 Å². The molecule has 0 spiro atoms. The van der Waals surface area contributed by atoms with Gasteiger partial charge in [0.2, 0.25) is 5.91 Å². The molecule has 3 rings (SSSR count). The van der Waals surface area contributed by atoms with Crippen LogP contribution in [0, 0.1) is 5.92 Å². The topological polar surface area (TPSA) is 61.9 Å². The number of ether oxygens (including phenoxy) is 1. The molecule has 1 saturated carbocycles. The first-order valence-corrected chi connectivity index (χ1v) is 9.36. The molecule has 1 N–H and O–H groups in total. The first-order valence-electron chi connectivity index (χ1n) is 9.36. The molecule has 3 aliphatic rings. The van der Waals surface area contributed by atoms with Gasteiger partial charge in [0, 0.05) is 19.1 Å². The molecule has 26 heavy (non-hydrogen) atoms. The molecule has 2 unspecified atom stereocenters. The Bertz CT molecular complexity index is 523. The third-order valence-corrected chi connectivity index (χ3v) is 5.49. The van der Waals surface area contributed by atoms with Crippen molar-refractivity contribution in [1.29, 1.82) is 0 Å². The molecule has 2 amide bonds. The van der Waals surface area contributed by atoms with E-state index in [4.69, 9.17) is 4.74 Å². The van der Waals surface area contributed by atoms with Crippen LogP contribution in [-0.4, -0.2) is 72.8 Å². The maximum Gasteiger partial charge on any atom is 0.410 e. The lowest BCUT2D eigenvalue weighted by Gasteiger charge is -2.29. The maximum absolute atomic E-state index is 12.2. The van der Waals surface area contributed by atoms with Gasteiger partial charge in [0.05, 0.1) is 12.5 Å². The number of hydrogen-bond donors (Lipinski definition) is 1. The lowest BCUT2D eigenvalue weighted by molar-refractivity contribution is -0.140. The maximum atomic E-state index is 12.2. The number of amides is 2. The van der Waals surface area contributed by atoms with Crippen molar-refractivity contribution < 1.29 is 27.5 Å². The van der Waals surface area contributed by atoms with Gasteiger partial charge >= 0.3 is 12.3 Å².